The first-order chi connectivity index (χ1) is 6.18. The molecular weight excluding hydrogens is 162 g/mol. The second-order valence-electron chi connectivity index (χ2n) is 5.64. The van der Waals surface area contributed by atoms with Crippen molar-refractivity contribution in [3.8, 4) is 0 Å². The van der Waals surface area contributed by atoms with E-state index in [1.54, 1.807) is 7.05 Å². The summed E-state index contributed by atoms with van der Waals surface area (Å²) in [5, 5.41) is 12.9. The lowest BCUT2D eigenvalue weighted by molar-refractivity contribution is -0.0621. The van der Waals surface area contributed by atoms with Crippen molar-refractivity contribution in [2.75, 3.05) is 7.05 Å². The topological polar surface area (TPSA) is 26.3 Å². The van der Waals surface area contributed by atoms with Crippen molar-refractivity contribution in [2.45, 2.75) is 44.1 Å². The zero-order valence-corrected chi connectivity index (χ0v) is 8.33. The molecule has 4 aliphatic carbocycles. The molecule has 13 heavy (non-hydrogen) atoms. The van der Waals surface area contributed by atoms with Gasteiger partial charge in [0.25, 0.3) is 0 Å². The Morgan fingerprint density at radius 2 is 1.38 bits per heavy atom. The van der Waals surface area contributed by atoms with E-state index in [1.807, 2.05) is 0 Å². The number of hydrogen-bond acceptors (Lipinski definition) is 2. The van der Waals surface area contributed by atoms with Crippen LogP contribution in [0.25, 0.3) is 0 Å². The Morgan fingerprint density at radius 1 is 1.00 bits per heavy atom. The average Bonchev–Trinajstić information content (AvgIpc) is 2.00. The highest BCUT2D eigenvalue weighted by Crippen LogP contribution is 2.57. The molecule has 0 heterocycles. The number of rotatable bonds is 1. The van der Waals surface area contributed by atoms with Gasteiger partial charge in [0, 0.05) is 5.54 Å². The van der Waals surface area contributed by atoms with Gasteiger partial charge in [-0.2, -0.15) is 0 Å². The molecule has 0 N–H and O–H groups in total. The molecule has 0 unspecified atom stereocenters. The van der Waals surface area contributed by atoms with E-state index in [0.29, 0.717) is 0 Å². The Labute approximate surface area is 79.9 Å². The van der Waals surface area contributed by atoms with E-state index in [-0.39, 0.29) is 5.54 Å². The van der Waals surface area contributed by atoms with Crippen LogP contribution in [-0.4, -0.2) is 17.6 Å². The van der Waals surface area contributed by atoms with E-state index in [1.165, 1.54) is 43.6 Å². The molecule has 74 valence electrons. The maximum atomic E-state index is 11.6. The summed E-state index contributed by atoms with van der Waals surface area (Å²) in [4.78, 5) is 0. The third-order valence-corrected chi connectivity index (χ3v) is 4.67. The summed E-state index contributed by atoms with van der Waals surface area (Å²) < 4.78 is 0. The van der Waals surface area contributed by atoms with Crippen LogP contribution in [0, 0.1) is 23.0 Å². The smallest absolute Gasteiger partial charge is 0.00963 e. The summed E-state index contributed by atoms with van der Waals surface area (Å²) in [6.07, 6.45) is 7.85. The predicted octanol–water partition coefficient (Wildman–Crippen LogP) is 2.38. The van der Waals surface area contributed by atoms with Crippen molar-refractivity contribution in [1.82, 2.24) is 5.06 Å². The molecule has 4 saturated carbocycles. The molecule has 2 nitrogen and oxygen atoms in total. The Hall–Kier alpha value is -0.0800. The van der Waals surface area contributed by atoms with Crippen molar-refractivity contribution < 1.29 is 0 Å². The molecular formula is C11H18NO-. The zero-order valence-electron chi connectivity index (χ0n) is 8.33. The van der Waals surface area contributed by atoms with Gasteiger partial charge < -0.3 is 10.3 Å². The van der Waals surface area contributed by atoms with Crippen LogP contribution in [0.3, 0.4) is 0 Å². The van der Waals surface area contributed by atoms with Crippen LogP contribution in [0.5, 0.6) is 0 Å². The fraction of sp³-hybridized carbons (Fsp3) is 1.00. The Balaban J connectivity index is 1.91. The highest BCUT2D eigenvalue weighted by Gasteiger charge is 2.50. The molecule has 0 aromatic carbocycles. The first-order valence-corrected chi connectivity index (χ1v) is 5.59. The van der Waals surface area contributed by atoms with Gasteiger partial charge in [-0.15, -0.1) is 0 Å². The molecule has 0 spiro atoms. The molecule has 4 fully saturated rings. The van der Waals surface area contributed by atoms with Gasteiger partial charge in [0.1, 0.15) is 0 Å². The van der Waals surface area contributed by atoms with Crippen molar-refractivity contribution in [3.05, 3.63) is 5.21 Å². The van der Waals surface area contributed by atoms with E-state index < -0.39 is 0 Å². The highest BCUT2D eigenvalue weighted by atomic mass is 16.5. The van der Waals surface area contributed by atoms with Crippen LogP contribution in [-0.2, 0) is 0 Å². The summed E-state index contributed by atoms with van der Waals surface area (Å²) in [6, 6.07) is 0. The van der Waals surface area contributed by atoms with Gasteiger partial charge in [0.05, 0.1) is 0 Å². The maximum absolute atomic E-state index is 11.6. The van der Waals surface area contributed by atoms with Crippen LogP contribution in [0.15, 0.2) is 0 Å². The Kier molecular flexibility index (Phi) is 1.58. The molecule has 4 rings (SSSR count). The normalized spacial score (nSPS) is 53.3. The first-order valence-electron chi connectivity index (χ1n) is 5.59. The highest BCUT2D eigenvalue weighted by molar-refractivity contribution is 5.06. The maximum Gasteiger partial charge on any atom is 0.00963 e. The van der Waals surface area contributed by atoms with E-state index in [9.17, 15) is 5.21 Å². The third-order valence-electron chi connectivity index (χ3n) is 4.67. The van der Waals surface area contributed by atoms with Crippen LogP contribution in [0.2, 0.25) is 0 Å². The van der Waals surface area contributed by atoms with Gasteiger partial charge in [-0.05, 0) is 63.3 Å². The lowest BCUT2D eigenvalue weighted by Crippen LogP contribution is -2.57. The molecule has 0 amide bonds. The Morgan fingerprint density at radius 3 is 1.69 bits per heavy atom. The summed E-state index contributed by atoms with van der Waals surface area (Å²) in [5.41, 5.74) is 0.0781. The lowest BCUT2D eigenvalue weighted by Gasteiger charge is -2.62. The summed E-state index contributed by atoms with van der Waals surface area (Å²) in [6.45, 7) is 0. The van der Waals surface area contributed by atoms with Crippen molar-refractivity contribution in [3.63, 3.8) is 0 Å². The van der Waals surface area contributed by atoms with Crippen molar-refractivity contribution in [1.29, 1.82) is 0 Å². The molecule has 0 aromatic rings. The standard InChI is InChI=1S/C11H18NO/c1-12(13)11-5-8-2-9(6-11)4-10(3-8)7-11/h8-10H,2-7H2,1H3/q-1. The monoisotopic (exact) mass is 180 g/mol. The second-order valence-corrected chi connectivity index (χ2v) is 5.64. The summed E-state index contributed by atoms with van der Waals surface area (Å²) in [5.74, 6) is 2.67. The molecule has 0 radical (unpaired) electrons. The minimum atomic E-state index is 0.0781. The summed E-state index contributed by atoms with van der Waals surface area (Å²) >= 11 is 0. The van der Waals surface area contributed by atoms with Crippen molar-refractivity contribution in [2.24, 2.45) is 17.8 Å². The molecule has 0 aromatic heterocycles. The van der Waals surface area contributed by atoms with Gasteiger partial charge in [-0.25, -0.2) is 0 Å². The van der Waals surface area contributed by atoms with Gasteiger partial charge >= 0.3 is 0 Å². The largest absolute Gasteiger partial charge is 0.785 e. The van der Waals surface area contributed by atoms with E-state index in [2.05, 4.69) is 0 Å². The van der Waals surface area contributed by atoms with E-state index in [4.69, 9.17) is 0 Å². The predicted molar refractivity (Wildman–Crippen MR) is 52.0 cm³/mol. The van der Waals surface area contributed by atoms with Crippen LogP contribution < -0.4 is 0 Å². The molecule has 4 bridgehead atoms. The Bertz CT molecular complexity index is 189. The second kappa shape index (κ2) is 2.48. The van der Waals surface area contributed by atoms with Crippen LogP contribution >= 0.6 is 0 Å². The fourth-order valence-electron chi connectivity index (χ4n) is 4.45. The zero-order chi connectivity index (χ0) is 9.05. The van der Waals surface area contributed by atoms with Gasteiger partial charge in [-0.1, -0.05) is 0 Å². The van der Waals surface area contributed by atoms with Gasteiger partial charge in [0.15, 0.2) is 0 Å². The molecule has 0 atom stereocenters. The summed E-state index contributed by atoms with van der Waals surface area (Å²) in [7, 11) is 1.74. The van der Waals surface area contributed by atoms with Crippen LogP contribution in [0.1, 0.15) is 38.5 Å². The molecule has 2 heteroatoms. The third kappa shape index (κ3) is 1.08. The minimum Gasteiger partial charge on any atom is -0.785 e. The molecule has 0 saturated heterocycles. The van der Waals surface area contributed by atoms with Crippen molar-refractivity contribution >= 4 is 0 Å². The van der Waals surface area contributed by atoms with Gasteiger partial charge in [-0.3, -0.25) is 0 Å². The fourth-order valence-corrected chi connectivity index (χ4v) is 4.45. The quantitative estimate of drug-likeness (QED) is 0.579. The van der Waals surface area contributed by atoms with Crippen LogP contribution in [0.4, 0.5) is 0 Å². The van der Waals surface area contributed by atoms with Gasteiger partial charge in [0.2, 0.25) is 0 Å². The minimum absolute atomic E-state index is 0.0781. The number of hydroxylamine groups is 2. The first kappa shape index (κ1) is 8.25. The molecule has 0 aliphatic heterocycles. The number of hydrogen-bond donors (Lipinski definition) is 0. The van der Waals surface area contributed by atoms with E-state index in [0.717, 1.165) is 17.8 Å². The SMILES string of the molecule is CN([O-])C12CC3CC(CC(C3)C1)C2. The average molecular weight is 180 g/mol. The number of nitrogens with zero attached hydrogens (tertiary/aromatic N) is 1. The molecule has 4 aliphatic rings. The van der Waals surface area contributed by atoms with E-state index >= 15 is 0 Å². The lowest BCUT2D eigenvalue weighted by atomic mass is 9.53.